The van der Waals surface area contributed by atoms with Crippen molar-refractivity contribution >= 4 is 12.3 Å². The molecule has 0 saturated carbocycles. The molecule has 0 unspecified atom stereocenters. The van der Waals surface area contributed by atoms with E-state index in [1.54, 1.807) is 17.1 Å². The first kappa shape index (κ1) is 3.65. The first-order chi connectivity index (χ1) is 3.97. The van der Waals surface area contributed by atoms with Gasteiger partial charge in [0.2, 0.25) is 0 Å². The van der Waals surface area contributed by atoms with E-state index in [9.17, 15) is 0 Å². The van der Waals surface area contributed by atoms with Gasteiger partial charge in [0.25, 0.3) is 5.95 Å². The van der Waals surface area contributed by atoms with Gasteiger partial charge in [-0.25, -0.2) is 9.66 Å². The Morgan fingerprint density at radius 3 is 3.38 bits per heavy atom. The highest BCUT2D eigenvalue weighted by Crippen LogP contribution is 2.07. The fourth-order valence-corrected chi connectivity index (χ4v) is 0.605. The zero-order chi connectivity index (χ0) is 5.40. The molecule has 1 aliphatic rings. The van der Waals surface area contributed by atoms with Crippen LogP contribution in [-0.2, 0) is 0 Å². The van der Waals surface area contributed by atoms with Crippen LogP contribution < -0.4 is 5.43 Å². The lowest BCUT2D eigenvalue weighted by molar-refractivity contribution is 0.785. The minimum atomic E-state index is 0.657. The highest BCUT2D eigenvalue weighted by Gasteiger charge is 2.03. The van der Waals surface area contributed by atoms with Gasteiger partial charge in [-0.05, 0) is 0 Å². The molecule has 2 rings (SSSR count). The average Bonchev–Trinajstić information content (AvgIpc) is 2.15. The second-order valence-corrected chi connectivity index (χ2v) is 1.43. The predicted octanol–water partition coefficient (Wildman–Crippen LogP) is -0.0760. The van der Waals surface area contributed by atoms with Crippen LogP contribution >= 0.6 is 0 Å². The van der Waals surface area contributed by atoms with Crippen LogP contribution in [0.3, 0.4) is 0 Å². The maximum absolute atomic E-state index is 3.87. The molecule has 1 aliphatic heterocycles. The van der Waals surface area contributed by atoms with Crippen molar-refractivity contribution in [1.82, 2.24) is 15.1 Å². The minimum absolute atomic E-state index is 0.657. The first-order valence-corrected chi connectivity index (χ1v) is 2.24. The van der Waals surface area contributed by atoms with Crippen LogP contribution in [-0.4, -0.2) is 16.0 Å². The van der Waals surface area contributed by atoms with Crippen LogP contribution in [0.15, 0.2) is 17.4 Å². The van der Waals surface area contributed by atoms with E-state index in [0.717, 1.165) is 0 Å². The lowest BCUT2D eigenvalue weighted by Gasteiger charge is -1.85. The number of hydrogen-bond donors (Lipinski definition) is 0. The minimum Gasteiger partial charge on any atom is -0.218 e. The summed E-state index contributed by atoms with van der Waals surface area (Å²) in [5, 5.41) is 0. The number of rotatable bonds is 0. The van der Waals surface area contributed by atoms with Crippen molar-refractivity contribution in [2.45, 2.75) is 0 Å². The van der Waals surface area contributed by atoms with E-state index >= 15 is 0 Å². The largest absolute Gasteiger partial charge is 0.252 e. The standard InChI is InChI=1S/C4H3N4/c1-2-8-4(5-1)6-3-7-8/h1-3H. The van der Waals surface area contributed by atoms with Gasteiger partial charge in [0.05, 0.1) is 6.20 Å². The lowest BCUT2D eigenvalue weighted by atomic mass is 11.0. The van der Waals surface area contributed by atoms with E-state index in [4.69, 9.17) is 0 Å². The third-order valence-electron chi connectivity index (χ3n) is 0.952. The Hall–Kier alpha value is -1.32. The third-order valence-corrected chi connectivity index (χ3v) is 0.952. The first-order valence-electron chi connectivity index (χ1n) is 2.24. The molecular formula is C4H3N4. The van der Waals surface area contributed by atoms with Crippen molar-refractivity contribution in [2.75, 3.05) is 0 Å². The Balaban J connectivity index is 2.67. The van der Waals surface area contributed by atoms with E-state index in [1.165, 1.54) is 6.34 Å². The van der Waals surface area contributed by atoms with E-state index in [1.807, 2.05) is 0 Å². The van der Waals surface area contributed by atoms with E-state index < -0.39 is 0 Å². The van der Waals surface area contributed by atoms with Gasteiger partial charge in [-0.3, -0.25) is 0 Å². The van der Waals surface area contributed by atoms with Gasteiger partial charge in [0.15, 0.2) is 0 Å². The number of aromatic nitrogens is 2. The van der Waals surface area contributed by atoms with Crippen LogP contribution in [0.25, 0.3) is 0 Å². The topological polar surface area (TPSA) is 44.3 Å². The van der Waals surface area contributed by atoms with Gasteiger partial charge in [-0.15, -0.1) is 0 Å². The van der Waals surface area contributed by atoms with Gasteiger partial charge in [-0.1, -0.05) is 0 Å². The summed E-state index contributed by atoms with van der Waals surface area (Å²) in [5.41, 5.74) is 3.82. The Morgan fingerprint density at radius 1 is 1.50 bits per heavy atom. The molecule has 0 amide bonds. The Labute approximate surface area is 45.8 Å². The molecule has 0 N–H and O–H groups in total. The van der Waals surface area contributed by atoms with E-state index in [-0.39, 0.29) is 0 Å². The molecule has 1 aromatic rings. The van der Waals surface area contributed by atoms with Gasteiger partial charge in [0, 0.05) is 6.20 Å². The molecule has 4 heteroatoms. The molecular weight excluding hydrogens is 104 g/mol. The Bertz CT molecular complexity index is 224. The summed E-state index contributed by atoms with van der Waals surface area (Å²) >= 11 is 0. The molecule has 0 spiro atoms. The van der Waals surface area contributed by atoms with Gasteiger partial charge in [0.1, 0.15) is 6.34 Å². The average molecular weight is 107 g/mol. The highest BCUT2D eigenvalue weighted by atomic mass is 15.5. The summed E-state index contributed by atoms with van der Waals surface area (Å²) in [7, 11) is 0. The van der Waals surface area contributed by atoms with Gasteiger partial charge < -0.3 is 0 Å². The quantitative estimate of drug-likeness (QED) is 0.457. The van der Waals surface area contributed by atoms with E-state index in [0.29, 0.717) is 5.95 Å². The van der Waals surface area contributed by atoms with Crippen molar-refractivity contribution in [3.63, 3.8) is 0 Å². The maximum atomic E-state index is 3.87. The second-order valence-electron chi connectivity index (χ2n) is 1.43. The van der Waals surface area contributed by atoms with Crippen molar-refractivity contribution in [3.8, 4) is 0 Å². The van der Waals surface area contributed by atoms with Crippen LogP contribution in [0.1, 0.15) is 0 Å². The summed E-state index contributed by atoms with van der Waals surface area (Å²) in [6, 6.07) is 0. The second kappa shape index (κ2) is 1.09. The Kier molecular flexibility index (Phi) is 0.498. The monoisotopic (exact) mass is 107 g/mol. The van der Waals surface area contributed by atoms with Crippen molar-refractivity contribution in [1.29, 1.82) is 0 Å². The Morgan fingerprint density at radius 2 is 2.50 bits per heavy atom. The molecule has 2 heterocycles. The molecule has 0 fully saturated rings. The molecule has 8 heavy (non-hydrogen) atoms. The maximum Gasteiger partial charge on any atom is 0.252 e. The number of fused-ring (bicyclic) bond motifs is 1. The molecule has 39 valence electrons. The lowest BCUT2D eigenvalue weighted by Crippen LogP contribution is -2.01. The van der Waals surface area contributed by atoms with Crippen LogP contribution in [0.5, 0.6) is 0 Å². The number of nitrogens with zero attached hydrogens (tertiary/aromatic N) is 4. The molecule has 0 bridgehead atoms. The molecule has 1 aromatic heterocycles. The summed E-state index contributed by atoms with van der Waals surface area (Å²) in [6.07, 6.45) is 4.89. The molecule has 4 nitrogen and oxygen atoms in total. The van der Waals surface area contributed by atoms with Gasteiger partial charge in [-0.2, -0.15) is 10.4 Å². The van der Waals surface area contributed by atoms with Crippen LogP contribution in [0.4, 0.5) is 5.95 Å². The summed E-state index contributed by atoms with van der Waals surface area (Å²) in [5.74, 6) is 0.657. The zero-order valence-corrected chi connectivity index (χ0v) is 4.02. The molecule has 1 radical (unpaired) electrons. The van der Waals surface area contributed by atoms with Crippen molar-refractivity contribution in [3.05, 3.63) is 12.4 Å². The van der Waals surface area contributed by atoms with E-state index in [2.05, 4.69) is 15.4 Å². The van der Waals surface area contributed by atoms with Crippen molar-refractivity contribution in [2.24, 2.45) is 4.99 Å². The zero-order valence-electron chi connectivity index (χ0n) is 4.02. The van der Waals surface area contributed by atoms with Crippen LogP contribution in [0, 0.1) is 0 Å². The normalized spacial score (nSPS) is 13.5. The summed E-state index contributed by atoms with van der Waals surface area (Å²) in [4.78, 5) is 7.69. The van der Waals surface area contributed by atoms with Crippen molar-refractivity contribution < 1.29 is 0 Å². The fraction of sp³-hybridized carbons (Fsp3) is 0. The number of imidazole rings is 1. The molecule has 0 saturated heterocycles. The summed E-state index contributed by atoms with van der Waals surface area (Å²) < 4.78 is 1.61. The highest BCUT2D eigenvalue weighted by molar-refractivity contribution is 5.61. The molecule has 0 aromatic carbocycles. The predicted molar refractivity (Wildman–Crippen MR) is 27.9 cm³/mol. The fourth-order valence-electron chi connectivity index (χ4n) is 0.605. The SMILES string of the molecule is C1=Nc2nccn2[N]1. The molecule has 0 atom stereocenters. The summed E-state index contributed by atoms with van der Waals surface area (Å²) in [6.45, 7) is 0. The third kappa shape index (κ3) is 0.294. The van der Waals surface area contributed by atoms with Gasteiger partial charge >= 0.3 is 0 Å². The molecule has 0 aliphatic carbocycles. The smallest absolute Gasteiger partial charge is 0.218 e. The van der Waals surface area contributed by atoms with Crippen LogP contribution in [0.2, 0.25) is 0 Å². The number of aliphatic imine (C=N–C) groups is 1. The number of hydrogen-bond acceptors (Lipinski definition) is 2.